The third-order valence-electron chi connectivity index (χ3n) is 4.81. The van der Waals surface area contributed by atoms with Crippen molar-refractivity contribution in [1.29, 1.82) is 0 Å². The van der Waals surface area contributed by atoms with E-state index in [2.05, 4.69) is 48.2 Å². The van der Waals surface area contributed by atoms with Crippen molar-refractivity contribution in [2.24, 2.45) is 10.9 Å². The van der Waals surface area contributed by atoms with Crippen LogP contribution in [0.3, 0.4) is 0 Å². The van der Waals surface area contributed by atoms with Crippen LogP contribution in [0, 0.1) is 5.92 Å². The van der Waals surface area contributed by atoms with Crippen LogP contribution in [0.15, 0.2) is 34.2 Å². The lowest BCUT2D eigenvalue weighted by atomic mass is 10.1. The Labute approximate surface area is 181 Å². The summed E-state index contributed by atoms with van der Waals surface area (Å²) >= 11 is 0. The molecule has 2 N–H and O–H groups in total. The summed E-state index contributed by atoms with van der Waals surface area (Å²) in [6, 6.07) is 7.85. The quantitative estimate of drug-likeness (QED) is 0.351. The van der Waals surface area contributed by atoms with Gasteiger partial charge >= 0.3 is 0 Å². The van der Waals surface area contributed by atoms with Crippen LogP contribution in [0.25, 0.3) is 0 Å². The van der Waals surface area contributed by atoms with E-state index >= 15 is 0 Å². The summed E-state index contributed by atoms with van der Waals surface area (Å²) in [7, 11) is -3.16. The van der Waals surface area contributed by atoms with Crippen LogP contribution in [0.5, 0.6) is 0 Å². The van der Waals surface area contributed by atoms with Gasteiger partial charge in [0.15, 0.2) is 15.8 Å². The molecule has 2 unspecified atom stereocenters. The second-order valence-corrected chi connectivity index (χ2v) is 9.40. The zero-order valence-electron chi connectivity index (χ0n) is 16.9. The largest absolute Gasteiger partial charge is 0.357 e. The van der Waals surface area contributed by atoms with Gasteiger partial charge in [0.05, 0.1) is 11.4 Å². The zero-order chi connectivity index (χ0) is 19.3. The molecule has 0 amide bonds. The molecule has 1 aromatic carbocycles. The van der Waals surface area contributed by atoms with Gasteiger partial charge in [-0.25, -0.2) is 13.4 Å². The monoisotopic (exact) mass is 508 g/mol. The van der Waals surface area contributed by atoms with E-state index in [0.717, 1.165) is 31.2 Å². The van der Waals surface area contributed by atoms with Gasteiger partial charge in [-0.3, -0.25) is 4.90 Å². The molecule has 0 aromatic heterocycles. The number of aliphatic imine (C=N–C) groups is 1. The van der Waals surface area contributed by atoms with Gasteiger partial charge in [-0.1, -0.05) is 19.1 Å². The maximum absolute atomic E-state index is 11.5. The minimum absolute atomic E-state index is 0. The van der Waals surface area contributed by atoms with Crippen LogP contribution >= 0.6 is 24.0 Å². The van der Waals surface area contributed by atoms with E-state index in [-0.39, 0.29) is 24.0 Å². The third kappa shape index (κ3) is 7.23. The van der Waals surface area contributed by atoms with Crippen LogP contribution in [0.1, 0.15) is 33.3 Å². The smallest absolute Gasteiger partial charge is 0.191 e. The summed E-state index contributed by atoms with van der Waals surface area (Å²) in [6.45, 7) is 12.2. The second-order valence-electron chi connectivity index (χ2n) is 7.39. The summed E-state index contributed by atoms with van der Waals surface area (Å²) in [6.07, 6.45) is 1.22. The highest BCUT2D eigenvalue weighted by Gasteiger charge is 2.31. The minimum Gasteiger partial charge on any atom is -0.357 e. The maximum Gasteiger partial charge on any atom is 0.191 e. The Balaban J connectivity index is 0.00000364. The first-order valence-corrected chi connectivity index (χ1v) is 11.2. The molecule has 2 atom stereocenters. The van der Waals surface area contributed by atoms with E-state index in [0.29, 0.717) is 29.4 Å². The van der Waals surface area contributed by atoms with Crippen LogP contribution in [0.4, 0.5) is 0 Å². The summed E-state index contributed by atoms with van der Waals surface area (Å²) in [5.74, 6) is 1.37. The number of likely N-dealkylation sites (tertiary alicyclic amines) is 1. The number of hydrogen-bond acceptors (Lipinski definition) is 4. The summed E-state index contributed by atoms with van der Waals surface area (Å²) in [5, 5.41) is 6.86. The average Bonchev–Trinajstić information content (AvgIpc) is 2.93. The van der Waals surface area contributed by atoms with Gasteiger partial charge in [-0.2, -0.15) is 0 Å². The number of halogens is 1. The van der Waals surface area contributed by atoms with Gasteiger partial charge in [-0.15, -0.1) is 24.0 Å². The van der Waals surface area contributed by atoms with Crippen molar-refractivity contribution in [2.45, 2.75) is 51.2 Å². The molecule has 27 heavy (non-hydrogen) atoms. The van der Waals surface area contributed by atoms with Crippen molar-refractivity contribution in [3.05, 3.63) is 29.8 Å². The molecule has 0 aliphatic carbocycles. The van der Waals surface area contributed by atoms with E-state index in [1.807, 2.05) is 12.1 Å². The molecular formula is C19H33IN4O2S. The Morgan fingerprint density at radius 3 is 2.37 bits per heavy atom. The first-order valence-electron chi connectivity index (χ1n) is 9.28. The molecule has 6 nitrogen and oxygen atoms in total. The lowest BCUT2D eigenvalue weighted by Crippen LogP contribution is -2.46. The molecule has 1 aliphatic heterocycles. The van der Waals surface area contributed by atoms with Crippen LogP contribution in [-0.4, -0.2) is 57.3 Å². The van der Waals surface area contributed by atoms with Crippen LogP contribution in [-0.2, 0) is 16.4 Å². The van der Waals surface area contributed by atoms with Gasteiger partial charge in [0, 0.05) is 38.0 Å². The number of nitrogens with zero attached hydrogens (tertiary/aromatic N) is 2. The van der Waals surface area contributed by atoms with Crippen molar-refractivity contribution < 1.29 is 8.42 Å². The molecular weight excluding hydrogens is 475 g/mol. The highest BCUT2D eigenvalue weighted by atomic mass is 127. The lowest BCUT2D eigenvalue weighted by molar-refractivity contribution is 0.265. The molecule has 8 heteroatoms. The minimum atomic E-state index is -3.16. The first-order chi connectivity index (χ1) is 12.2. The Morgan fingerprint density at radius 2 is 1.89 bits per heavy atom. The molecule has 1 aliphatic rings. The van der Waals surface area contributed by atoms with Gasteiger partial charge in [-0.05, 0) is 44.4 Å². The molecule has 1 heterocycles. The van der Waals surface area contributed by atoms with Crippen molar-refractivity contribution >= 4 is 39.8 Å². The van der Waals surface area contributed by atoms with Gasteiger partial charge in [0.2, 0.25) is 0 Å². The SMILES string of the molecule is CCNC(=NCc1ccc(S(C)(=O)=O)cc1)NC1CN(C(C)C)CC1C.I. The summed E-state index contributed by atoms with van der Waals surface area (Å²) in [4.78, 5) is 7.49. The van der Waals surface area contributed by atoms with E-state index in [1.165, 1.54) is 6.26 Å². The van der Waals surface area contributed by atoms with Crippen LogP contribution in [0.2, 0.25) is 0 Å². The highest BCUT2D eigenvalue weighted by Crippen LogP contribution is 2.18. The fraction of sp³-hybridized carbons (Fsp3) is 0.632. The topological polar surface area (TPSA) is 73.8 Å². The highest BCUT2D eigenvalue weighted by molar-refractivity contribution is 14.0. The van der Waals surface area contributed by atoms with Crippen molar-refractivity contribution in [3.8, 4) is 0 Å². The Kier molecular flexibility index (Phi) is 9.50. The molecule has 1 saturated heterocycles. The molecule has 0 spiro atoms. The fourth-order valence-corrected chi connectivity index (χ4v) is 3.75. The standard InChI is InChI=1S/C19H32N4O2S.HI/c1-6-20-19(22-18-13-23(14(2)3)12-15(18)4)21-11-16-7-9-17(10-8-16)26(5,24)25;/h7-10,14-15,18H,6,11-13H2,1-5H3,(H2,20,21,22);1H. The van der Waals surface area contributed by atoms with E-state index in [1.54, 1.807) is 12.1 Å². The number of hydrogen-bond donors (Lipinski definition) is 2. The molecule has 0 radical (unpaired) electrons. The Morgan fingerprint density at radius 1 is 1.26 bits per heavy atom. The molecule has 0 bridgehead atoms. The van der Waals surface area contributed by atoms with E-state index in [9.17, 15) is 8.42 Å². The average molecular weight is 508 g/mol. The molecule has 0 saturated carbocycles. The maximum atomic E-state index is 11.5. The predicted octanol–water partition coefficient (Wildman–Crippen LogP) is 2.49. The van der Waals surface area contributed by atoms with Gasteiger partial charge < -0.3 is 10.6 Å². The molecule has 1 fully saturated rings. The number of nitrogens with one attached hydrogen (secondary N) is 2. The van der Waals surface area contributed by atoms with Gasteiger partial charge in [0.1, 0.15) is 0 Å². The normalized spacial score (nSPS) is 21.2. The predicted molar refractivity (Wildman–Crippen MR) is 123 cm³/mol. The molecule has 2 rings (SSSR count). The fourth-order valence-electron chi connectivity index (χ4n) is 3.12. The van der Waals surface area contributed by atoms with Crippen molar-refractivity contribution in [3.63, 3.8) is 0 Å². The molecule has 1 aromatic rings. The lowest BCUT2D eigenvalue weighted by Gasteiger charge is -2.22. The Bertz CT molecular complexity index is 720. The van der Waals surface area contributed by atoms with E-state index in [4.69, 9.17) is 0 Å². The zero-order valence-corrected chi connectivity index (χ0v) is 20.0. The van der Waals surface area contributed by atoms with Crippen LogP contribution < -0.4 is 10.6 Å². The van der Waals surface area contributed by atoms with Gasteiger partial charge in [0.25, 0.3) is 0 Å². The number of benzene rings is 1. The summed E-state index contributed by atoms with van der Waals surface area (Å²) in [5.41, 5.74) is 0.984. The number of guanidine groups is 1. The second kappa shape index (κ2) is 10.6. The number of sulfone groups is 1. The van der Waals surface area contributed by atoms with Crippen molar-refractivity contribution in [1.82, 2.24) is 15.5 Å². The third-order valence-corrected chi connectivity index (χ3v) is 5.94. The first kappa shape index (κ1) is 24.2. The Hall–Kier alpha value is -0.870. The summed E-state index contributed by atoms with van der Waals surface area (Å²) < 4.78 is 23.1. The van der Waals surface area contributed by atoms with E-state index < -0.39 is 9.84 Å². The van der Waals surface area contributed by atoms with Crippen molar-refractivity contribution in [2.75, 3.05) is 25.9 Å². The molecule has 154 valence electrons. The number of rotatable bonds is 6.